The van der Waals surface area contributed by atoms with Gasteiger partial charge >= 0.3 is 0 Å². The molecule has 0 aromatic rings. The number of hydrogen-bond acceptors (Lipinski definition) is 7. The number of sulfonamides is 1. The minimum absolute atomic E-state index is 0.0345. The summed E-state index contributed by atoms with van der Waals surface area (Å²) in [5, 5.41) is 3.58. The van der Waals surface area contributed by atoms with E-state index in [1.54, 1.807) is 4.90 Å². The van der Waals surface area contributed by atoms with Crippen LogP contribution < -0.4 is 15.6 Å². The van der Waals surface area contributed by atoms with Gasteiger partial charge in [-0.3, -0.25) is 15.6 Å². The van der Waals surface area contributed by atoms with Crippen LogP contribution in [0, 0.1) is 5.92 Å². The molecule has 0 radical (unpaired) electrons. The molecule has 0 aromatic carbocycles. The molecule has 1 saturated carbocycles. The largest absolute Gasteiger partial charge is 0.346 e. The van der Waals surface area contributed by atoms with Crippen molar-refractivity contribution in [1.82, 2.24) is 30.5 Å². The van der Waals surface area contributed by atoms with E-state index in [4.69, 9.17) is 0 Å². The summed E-state index contributed by atoms with van der Waals surface area (Å²) in [6.45, 7) is 2.50. The Bertz CT molecular complexity index is 672. The third-order valence-corrected chi connectivity index (χ3v) is 8.61. The molecule has 4 aliphatic rings. The Labute approximate surface area is 161 Å². The van der Waals surface area contributed by atoms with Gasteiger partial charge in [-0.2, -0.15) is 0 Å². The lowest BCUT2D eigenvalue weighted by molar-refractivity contribution is -0.134. The second kappa shape index (κ2) is 7.57. The number of nitrogens with zero attached hydrogens (tertiary/aromatic N) is 3. The summed E-state index contributed by atoms with van der Waals surface area (Å²) in [6, 6.07) is 0.274. The van der Waals surface area contributed by atoms with Crippen molar-refractivity contribution in [2.45, 2.75) is 55.5 Å². The minimum Gasteiger partial charge on any atom is -0.346 e. The number of amides is 1. The van der Waals surface area contributed by atoms with Crippen LogP contribution in [0.3, 0.4) is 0 Å². The standard InChI is InChI=1S/C17H32N6O3S/c1-21-7-6-13(8-16(21)24)23-11-14(10-19-23)27(25,26)20-15-5-3-4-12-9-18-22(2)17(12)15/h12-15,17-20H,3-11H2,1-2H3/t12?,13-,14?,15?,17?/m0/s1. The van der Waals surface area contributed by atoms with Crippen LogP contribution in [0.5, 0.6) is 0 Å². The Kier molecular flexibility index (Phi) is 5.47. The van der Waals surface area contributed by atoms with Gasteiger partial charge in [-0.1, -0.05) is 6.42 Å². The number of fused-ring (bicyclic) bond motifs is 1. The molecule has 5 atom stereocenters. The summed E-state index contributed by atoms with van der Waals surface area (Å²) >= 11 is 0. The lowest BCUT2D eigenvalue weighted by Crippen LogP contribution is -2.55. The summed E-state index contributed by atoms with van der Waals surface area (Å²) < 4.78 is 29.1. The summed E-state index contributed by atoms with van der Waals surface area (Å²) in [5.41, 5.74) is 6.58. The molecule has 1 amide bonds. The van der Waals surface area contributed by atoms with E-state index in [0.29, 0.717) is 25.4 Å². The van der Waals surface area contributed by atoms with Gasteiger partial charge in [0.05, 0.1) is 0 Å². The van der Waals surface area contributed by atoms with E-state index in [-0.39, 0.29) is 24.0 Å². The molecule has 27 heavy (non-hydrogen) atoms. The molecule has 3 heterocycles. The van der Waals surface area contributed by atoms with E-state index < -0.39 is 15.3 Å². The Balaban J connectivity index is 1.37. The van der Waals surface area contributed by atoms with Crippen molar-refractivity contribution < 1.29 is 13.2 Å². The van der Waals surface area contributed by atoms with Gasteiger partial charge in [0.1, 0.15) is 5.25 Å². The molecule has 4 fully saturated rings. The summed E-state index contributed by atoms with van der Waals surface area (Å²) in [7, 11) is 0.405. The third kappa shape index (κ3) is 3.88. The second-order valence-electron chi connectivity index (χ2n) is 8.52. The number of nitrogens with one attached hydrogen (secondary N) is 3. The Morgan fingerprint density at radius 3 is 2.70 bits per heavy atom. The molecule has 3 aliphatic heterocycles. The quantitative estimate of drug-likeness (QED) is 0.540. The van der Waals surface area contributed by atoms with Crippen LogP contribution in [0.15, 0.2) is 0 Å². The Hall–Kier alpha value is -0.780. The Morgan fingerprint density at radius 2 is 1.93 bits per heavy atom. The highest BCUT2D eigenvalue weighted by atomic mass is 32.2. The van der Waals surface area contributed by atoms with Gasteiger partial charge in [0.15, 0.2) is 0 Å². The van der Waals surface area contributed by atoms with Crippen LogP contribution in [0.25, 0.3) is 0 Å². The molecule has 4 unspecified atom stereocenters. The molecule has 0 aromatic heterocycles. The summed E-state index contributed by atoms with van der Waals surface area (Å²) in [4.78, 5) is 13.7. The van der Waals surface area contributed by atoms with E-state index >= 15 is 0 Å². The molecule has 3 N–H and O–H groups in total. The highest BCUT2D eigenvalue weighted by Crippen LogP contribution is 2.31. The molecule has 10 heteroatoms. The zero-order chi connectivity index (χ0) is 19.2. The zero-order valence-electron chi connectivity index (χ0n) is 16.2. The first kappa shape index (κ1) is 19.5. The van der Waals surface area contributed by atoms with Gasteiger partial charge < -0.3 is 4.90 Å². The number of piperidine rings is 1. The number of rotatable bonds is 4. The van der Waals surface area contributed by atoms with E-state index in [9.17, 15) is 13.2 Å². The van der Waals surface area contributed by atoms with Gasteiger partial charge in [-0.05, 0) is 25.2 Å². The van der Waals surface area contributed by atoms with Gasteiger partial charge in [0.2, 0.25) is 15.9 Å². The molecule has 4 rings (SSSR count). The first-order valence-corrected chi connectivity index (χ1v) is 11.6. The van der Waals surface area contributed by atoms with Gasteiger partial charge in [0.25, 0.3) is 0 Å². The van der Waals surface area contributed by atoms with Crippen LogP contribution in [-0.4, -0.2) is 92.9 Å². The van der Waals surface area contributed by atoms with Crippen molar-refractivity contribution in [2.75, 3.05) is 40.3 Å². The predicted octanol–water partition coefficient (Wildman–Crippen LogP) is -1.30. The number of carbonyl (C=O) groups is 1. The fourth-order valence-corrected chi connectivity index (χ4v) is 6.65. The monoisotopic (exact) mass is 400 g/mol. The van der Waals surface area contributed by atoms with Crippen molar-refractivity contribution >= 4 is 15.9 Å². The average molecular weight is 401 g/mol. The van der Waals surface area contributed by atoms with Crippen LogP contribution in [-0.2, 0) is 14.8 Å². The number of likely N-dealkylation sites (tertiary alicyclic amines) is 1. The topological polar surface area (TPSA) is 97.0 Å². The molecule has 9 nitrogen and oxygen atoms in total. The van der Waals surface area contributed by atoms with Gasteiger partial charge in [-0.15, -0.1) is 0 Å². The van der Waals surface area contributed by atoms with E-state index in [1.807, 2.05) is 19.1 Å². The van der Waals surface area contributed by atoms with E-state index in [0.717, 1.165) is 38.8 Å². The first-order chi connectivity index (χ1) is 12.8. The van der Waals surface area contributed by atoms with Crippen molar-refractivity contribution in [2.24, 2.45) is 5.92 Å². The average Bonchev–Trinajstić information content (AvgIpc) is 3.26. The fraction of sp³-hybridized carbons (Fsp3) is 0.941. The summed E-state index contributed by atoms with van der Waals surface area (Å²) in [6.07, 6.45) is 4.43. The number of hydrazine groups is 2. The second-order valence-corrected chi connectivity index (χ2v) is 10.5. The lowest BCUT2D eigenvalue weighted by Gasteiger charge is -2.37. The Morgan fingerprint density at radius 1 is 1.11 bits per heavy atom. The van der Waals surface area contributed by atoms with Crippen molar-refractivity contribution in [1.29, 1.82) is 0 Å². The molecule has 0 bridgehead atoms. The smallest absolute Gasteiger partial charge is 0.223 e. The van der Waals surface area contributed by atoms with Gasteiger partial charge in [-0.25, -0.2) is 23.2 Å². The lowest BCUT2D eigenvalue weighted by atomic mass is 9.82. The fourth-order valence-electron chi connectivity index (χ4n) is 5.13. The zero-order valence-corrected chi connectivity index (χ0v) is 17.0. The highest BCUT2D eigenvalue weighted by Gasteiger charge is 2.44. The first-order valence-electron chi connectivity index (χ1n) is 10.1. The van der Waals surface area contributed by atoms with Crippen molar-refractivity contribution in [3.63, 3.8) is 0 Å². The predicted molar refractivity (Wildman–Crippen MR) is 102 cm³/mol. The number of hydrogen-bond donors (Lipinski definition) is 3. The van der Waals surface area contributed by atoms with E-state index in [2.05, 4.69) is 20.6 Å². The highest BCUT2D eigenvalue weighted by molar-refractivity contribution is 7.90. The maximum atomic E-state index is 13.0. The van der Waals surface area contributed by atoms with Crippen LogP contribution >= 0.6 is 0 Å². The minimum atomic E-state index is -3.42. The number of carbonyl (C=O) groups excluding carboxylic acids is 1. The molecule has 0 spiro atoms. The van der Waals surface area contributed by atoms with E-state index in [1.165, 1.54) is 0 Å². The maximum Gasteiger partial charge on any atom is 0.223 e. The maximum absolute atomic E-state index is 13.0. The van der Waals surface area contributed by atoms with Crippen molar-refractivity contribution in [3.05, 3.63) is 0 Å². The molecular weight excluding hydrogens is 368 g/mol. The molecule has 154 valence electrons. The molecular formula is C17H32N6O3S. The SMILES string of the molecule is CN1CC[C@H](N2CC(S(=O)(=O)NC3CCCC4CNN(C)C43)CN2)CC1=O. The van der Waals surface area contributed by atoms with Crippen LogP contribution in [0.1, 0.15) is 32.1 Å². The number of likely N-dealkylation sites (N-methyl/N-ethyl adjacent to an activating group) is 1. The van der Waals surface area contributed by atoms with Crippen LogP contribution in [0.2, 0.25) is 0 Å². The third-order valence-electron chi connectivity index (χ3n) is 6.79. The molecule has 3 saturated heterocycles. The normalized spacial score (nSPS) is 39.1. The molecule has 1 aliphatic carbocycles. The summed E-state index contributed by atoms with van der Waals surface area (Å²) in [5.74, 6) is 0.641. The van der Waals surface area contributed by atoms with Crippen molar-refractivity contribution in [3.8, 4) is 0 Å². The van der Waals surface area contributed by atoms with Crippen LogP contribution in [0.4, 0.5) is 0 Å². The van der Waals surface area contributed by atoms with Gasteiger partial charge in [0, 0.05) is 64.8 Å².